The first-order valence-electron chi connectivity index (χ1n) is 9.28. The Bertz CT molecular complexity index is 1140. The van der Waals surface area contributed by atoms with Gasteiger partial charge in [0.25, 0.3) is 0 Å². The lowest BCUT2D eigenvalue weighted by atomic mass is 10.0. The van der Waals surface area contributed by atoms with Crippen LogP contribution in [0.25, 0.3) is 21.7 Å². The molecule has 29 heavy (non-hydrogen) atoms. The van der Waals surface area contributed by atoms with E-state index in [2.05, 4.69) is 10.1 Å². The lowest BCUT2D eigenvalue weighted by Gasteiger charge is -2.07. The lowest BCUT2D eigenvalue weighted by Crippen LogP contribution is -2.27. The van der Waals surface area contributed by atoms with Crippen molar-refractivity contribution in [3.63, 3.8) is 0 Å². The van der Waals surface area contributed by atoms with Gasteiger partial charge in [-0.25, -0.2) is 0 Å². The number of halogens is 2. The molecule has 0 aliphatic carbocycles. The van der Waals surface area contributed by atoms with Crippen LogP contribution >= 0.6 is 0 Å². The number of fused-ring (bicyclic) bond motifs is 3. The van der Waals surface area contributed by atoms with Crippen LogP contribution in [-0.4, -0.2) is 19.1 Å². The van der Waals surface area contributed by atoms with Crippen LogP contribution in [0.3, 0.4) is 0 Å². The highest BCUT2D eigenvalue weighted by Crippen LogP contribution is 2.30. The van der Waals surface area contributed by atoms with Crippen LogP contribution in [0, 0.1) is 0 Å². The Morgan fingerprint density at radius 3 is 2.62 bits per heavy atom. The normalized spacial score (nSPS) is 11.3. The zero-order chi connectivity index (χ0) is 20.2. The molecule has 0 unspecified atom stereocenters. The molecule has 0 atom stereocenters. The van der Waals surface area contributed by atoms with Gasteiger partial charge < -0.3 is 14.5 Å². The molecule has 4 nitrogen and oxygen atoms in total. The zero-order valence-electron chi connectivity index (χ0n) is 15.5. The Hall–Kier alpha value is -3.41. The number of hydrogen-bond acceptors (Lipinski definition) is 3. The van der Waals surface area contributed by atoms with E-state index < -0.39 is 6.61 Å². The van der Waals surface area contributed by atoms with E-state index in [1.54, 1.807) is 18.4 Å². The van der Waals surface area contributed by atoms with Gasteiger partial charge in [0, 0.05) is 17.5 Å². The van der Waals surface area contributed by atoms with E-state index in [9.17, 15) is 13.6 Å². The van der Waals surface area contributed by atoms with Gasteiger partial charge in [0.15, 0.2) is 0 Å². The van der Waals surface area contributed by atoms with Gasteiger partial charge in [-0.2, -0.15) is 8.78 Å². The van der Waals surface area contributed by atoms with Crippen molar-refractivity contribution in [3.8, 4) is 5.75 Å². The maximum absolute atomic E-state index is 12.4. The maximum Gasteiger partial charge on any atom is 0.387 e. The largest absolute Gasteiger partial charge is 0.464 e. The average Bonchev–Trinajstić information content (AvgIpc) is 3.12. The van der Waals surface area contributed by atoms with Crippen molar-refractivity contribution < 1.29 is 22.7 Å². The number of hydrogen-bond donors (Lipinski definition) is 1. The van der Waals surface area contributed by atoms with Crippen LogP contribution in [0.2, 0.25) is 0 Å². The second-order valence-corrected chi connectivity index (χ2v) is 6.72. The highest BCUT2D eigenvalue weighted by Gasteiger charge is 2.13. The van der Waals surface area contributed by atoms with Crippen LogP contribution in [0.5, 0.6) is 5.75 Å². The summed E-state index contributed by atoms with van der Waals surface area (Å²) in [5.74, 6) is 0.0186. The lowest BCUT2D eigenvalue weighted by molar-refractivity contribution is -0.120. The first kappa shape index (κ1) is 18.9. The molecule has 0 aliphatic heterocycles. The highest BCUT2D eigenvalue weighted by atomic mass is 19.3. The van der Waals surface area contributed by atoms with Crippen molar-refractivity contribution in [2.24, 2.45) is 0 Å². The summed E-state index contributed by atoms with van der Waals surface area (Å²) in [4.78, 5) is 12.4. The molecule has 0 radical (unpaired) electrons. The Morgan fingerprint density at radius 1 is 1.03 bits per heavy atom. The predicted octanol–water partition coefficient (Wildman–Crippen LogP) is 5.09. The van der Waals surface area contributed by atoms with E-state index in [0.717, 1.165) is 32.9 Å². The third kappa shape index (κ3) is 4.37. The fourth-order valence-electron chi connectivity index (χ4n) is 3.42. The number of furan rings is 1. The van der Waals surface area contributed by atoms with Gasteiger partial charge in [-0.05, 0) is 41.0 Å². The summed E-state index contributed by atoms with van der Waals surface area (Å²) in [6.45, 7) is -2.39. The number of amides is 1. The Balaban J connectivity index is 1.37. The second kappa shape index (κ2) is 8.31. The van der Waals surface area contributed by atoms with Crippen LogP contribution in [-0.2, 0) is 17.6 Å². The standard InChI is InChI=1S/C23H19F2NO3/c24-23(25)29-18-8-5-15(6-9-18)11-12-26-21(27)13-17-14-28-20-10-7-16-3-1-2-4-19(16)22(17)20/h1-10,14,23H,11-13H2,(H,26,27). The minimum absolute atomic E-state index is 0.0988. The number of ether oxygens (including phenoxy) is 1. The van der Waals surface area contributed by atoms with E-state index in [1.807, 2.05) is 36.4 Å². The van der Waals surface area contributed by atoms with Crippen LogP contribution < -0.4 is 10.1 Å². The molecule has 0 saturated carbocycles. The number of alkyl halides is 2. The molecule has 4 aromatic rings. The minimum atomic E-state index is -2.84. The fraction of sp³-hybridized carbons (Fsp3) is 0.174. The molecule has 0 fully saturated rings. The molecule has 1 amide bonds. The van der Waals surface area contributed by atoms with Crippen LogP contribution in [0.4, 0.5) is 8.78 Å². The molecule has 0 aliphatic rings. The number of rotatable bonds is 7. The second-order valence-electron chi connectivity index (χ2n) is 6.72. The minimum Gasteiger partial charge on any atom is -0.464 e. The summed E-state index contributed by atoms with van der Waals surface area (Å²) >= 11 is 0. The van der Waals surface area contributed by atoms with E-state index in [4.69, 9.17) is 4.42 Å². The first-order valence-corrected chi connectivity index (χ1v) is 9.28. The van der Waals surface area contributed by atoms with Crippen molar-refractivity contribution in [1.82, 2.24) is 5.32 Å². The van der Waals surface area contributed by atoms with E-state index in [-0.39, 0.29) is 18.1 Å². The topological polar surface area (TPSA) is 51.5 Å². The van der Waals surface area contributed by atoms with Gasteiger partial charge in [-0.15, -0.1) is 0 Å². The fourth-order valence-corrected chi connectivity index (χ4v) is 3.42. The zero-order valence-corrected chi connectivity index (χ0v) is 15.5. The summed E-state index contributed by atoms with van der Waals surface area (Å²) in [5, 5.41) is 6.02. The molecular formula is C23H19F2NO3. The van der Waals surface area contributed by atoms with E-state index >= 15 is 0 Å². The van der Waals surface area contributed by atoms with Gasteiger partial charge in [0.2, 0.25) is 5.91 Å². The van der Waals surface area contributed by atoms with Gasteiger partial charge in [0.1, 0.15) is 11.3 Å². The SMILES string of the molecule is O=C(Cc1coc2ccc3ccccc3c12)NCCc1ccc(OC(F)F)cc1. The van der Waals surface area contributed by atoms with E-state index in [1.165, 1.54) is 12.1 Å². The quantitative estimate of drug-likeness (QED) is 0.474. The Labute approximate surface area is 166 Å². The molecule has 0 saturated heterocycles. The van der Waals surface area contributed by atoms with Gasteiger partial charge in [-0.3, -0.25) is 4.79 Å². The Kier molecular flexibility index (Phi) is 5.42. The molecule has 0 bridgehead atoms. The maximum atomic E-state index is 12.4. The molecule has 1 heterocycles. The Morgan fingerprint density at radius 2 is 1.83 bits per heavy atom. The summed E-state index contributed by atoms with van der Waals surface area (Å²) in [7, 11) is 0. The molecule has 3 aromatic carbocycles. The van der Waals surface area contributed by atoms with Crippen LogP contribution in [0.15, 0.2) is 71.3 Å². The molecule has 1 N–H and O–H groups in total. The van der Waals surface area contributed by atoms with Crippen molar-refractivity contribution in [2.45, 2.75) is 19.5 Å². The summed E-state index contributed by atoms with van der Waals surface area (Å²) in [5.41, 5.74) is 2.53. The van der Waals surface area contributed by atoms with Crippen LogP contribution in [0.1, 0.15) is 11.1 Å². The number of carbonyl (C=O) groups is 1. The summed E-state index contributed by atoms with van der Waals surface area (Å²) in [6, 6.07) is 18.3. The molecule has 6 heteroatoms. The van der Waals surface area contributed by atoms with Gasteiger partial charge >= 0.3 is 6.61 Å². The predicted molar refractivity (Wildman–Crippen MR) is 107 cm³/mol. The molecule has 0 spiro atoms. The number of benzene rings is 3. The molecular weight excluding hydrogens is 376 g/mol. The van der Waals surface area contributed by atoms with Gasteiger partial charge in [-0.1, -0.05) is 42.5 Å². The number of carbonyl (C=O) groups excluding carboxylic acids is 1. The third-order valence-corrected chi connectivity index (χ3v) is 4.78. The average molecular weight is 395 g/mol. The van der Waals surface area contributed by atoms with Crippen molar-refractivity contribution in [1.29, 1.82) is 0 Å². The third-order valence-electron chi connectivity index (χ3n) is 4.78. The van der Waals surface area contributed by atoms with E-state index in [0.29, 0.717) is 13.0 Å². The molecule has 4 rings (SSSR count). The first-order chi connectivity index (χ1) is 14.1. The van der Waals surface area contributed by atoms with Gasteiger partial charge in [0.05, 0.1) is 12.7 Å². The summed E-state index contributed by atoms with van der Waals surface area (Å²) < 4.78 is 34.3. The highest BCUT2D eigenvalue weighted by molar-refractivity contribution is 6.08. The van der Waals surface area contributed by atoms with Crippen molar-refractivity contribution >= 4 is 27.6 Å². The molecule has 148 valence electrons. The molecule has 1 aromatic heterocycles. The summed E-state index contributed by atoms with van der Waals surface area (Å²) in [6.07, 6.45) is 2.45. The van der Waals surface area contributed by atoms with Crippen molar-refractivity contribution in [2.75, 3.05) is 6.54 Å². The number of nitrogens with one attached hydrogen (secondary N) is 1. The van der Waals surface area contributed by atoms with Crippen molar-refractivity contribution in [3.05, 3.63) is 78.1 Å². The smallest absolute Gasteiger partial charge is 0.387 e. The monoisotopic (exact) mass is 395 g/mol.